The number of rotatable bonds is 3. The second-order valence-electron chi connectivity index (χ2n) is 4.08. The molecule has 3 aromatic rings. The molecule has 0 aliphatic rings. The molecule has 0 saturated heterocycles. The largest absolute Gasteiger partial charge is 0.477 e. The SMILES string of the molecule is O=C(O)c1cc2ccccc2n1Nc1ccncc1. The van der Waals surface area contributed by atoms with Gasteiger partial charge in [-0.2, -0.15) is 0 Å². The smallest absolute Gasteiger partial charge is 0.354 e. The van der Waals surface area contributed by atoms with Gasteiger partial charge in [-0.15, -0.1) is 0 Å². The van der Waals surface area contributed by atoms with E-state index in [1.54, 1.807) is 35.3 Å². The molecule has 0 aliphatic heterocycles. The monoisotopic (exact) mass is 253 g/mol. The highest BCUT2D eigenvalue weighted by Gasteiger charge is 2.14. The van der Waals surface area contributed by atoms with Crippen LogP contribution < -0.4 is 5.43 Å². The lowest BCUT2D eigenvalue weighted by molar-refractivity contribution is 0.0687. The fourth-order valence-corrected chi connectivity index (χ4v) is 1.99. The van der Waals surface area contributed by atoms with Crippen LogP contribution in [0.25, 0.3) is 10.9 Å². The maximum atomic E-state index is 11.3. The zero-order chi connectivity index (χ0) is 13.2. The first kappa shape index (κ1) is 11.3. The van der Waals surface area contributed by atoms with Gasteiger partial charge in [0.15, 0.2) is 0 Å². The Balaban J connectivity index is 2.15. The fourth-order valence-electron chi connectivity index (χ4n) is 1.99. The second kappa shape index (κ2) is 4.45. The zero-order valence-corrected chi connectivity index (χ0v) is 9.95. The molecule has 0 aliphatic carbocycles. The molecule has 5 heteroatoms. The number of anilines is 1. The van der Waals surface area contributed by atoms with Crippen molar-refractivity contribution in [3.63, 3.8) is 0 Å². The van der Waals surface area contributed by atoms with Gasteiger partial charge in [0.1, 0.15) is 5.69 Å². The Morgan fingerprint density at radius 2 is 1.89 bits per heavy atom. The molecule has 2 N–H and O–H groups in total. The van der Waals surface area contributed by atoms with Crippen LogP contribution in [0.2, 0.25) is 0 Å². The van der Waals surface area contributed by atoms with E-state index in [1.165, 1.54) is 0 Å². The summed E-state index contributed by atoms with van der Waals surface area (Å²) < 4.78 is 1.56. The number of carbonyl (C=O) groups is 1. The van der Waals surface area contributed by atoms with E-state index in [0.717, 1.165) is 16.6 Å². The van der Waals surface area contributed by atoms with Crippen molar-refractivity contribution < 1.29 is 9.90 Å². The van der Waals surface area contributed by atoms with Crippen molar-refractivity contribution in [2.24, 2.45) is 0 Å². The summed E-state index contributed by atoms with van der Waals surface area (Å²) in [5, 5.41) is 10.1. The molecule has 0 unspecified atom stereocenters. The quantitative estimate of drug-likeness (QED) is 0.753. The predicted molar refractivity (Wildman–Crippen MR) is 72.2 cm³/mol. The average Bonchev–Trinajstić information content (AvgIpc) is 2.79. The number of carboxylic acid groups (broad SMARTS) is 1. The number of hydrogen-bond donors (Lipinski definition) is 2. The number of nitrogens with zero attached hydrogens (tertiary/aromatic N) is 2. The third-order valence-electron chi connectivity index (χ3n) is 2.85. The van der Waals surface area contributed by atoms with E-state index in [2.05, 4.69) is 10.4 Å². The molecule has 94 valence electrons. The lowest BCUT2D eigenvalue weighted by Gasteiger charge is -2.11. The molecule has 0 bridgehead atoms. The summed E-state index contributed by atoms with van der Waals surface area (Å²) in [6, 6.07) is 12.7. The number of para-hydroxylation sites is 1. The maximum absolute atomic E-state index is 11.3. The van der Waals surface area contributed by atoms with Crippen molar-refractivity contribution in [1.29, 1.82) is 0 Å². The van der Waals surface area contributed by atoms with Crippen LogP contribution in [0, 0.1) is 0 Å². The number of hydrogen-bond acceptors (Lipinski definition) is 3. The van der Waals surface area contributed by atoms with Gasteiger partial charge >= 0.3 is 5.97 Å². The summed E-state index contributed by atoms with van der Waals surface area (Å²) in [7, 11) is 0. The van der Waals surface area contributed by atoms with Crippen LogP contribution in [0.5, 0.6) is 0 Å². The van der Waals surface area contributed by atoms with Crippen LogP contribution in [0.3, 0.4) is 0 Å². The third kappa shape index (κ3) is 2.01. The molecular weight excluding hydrogens is 242 g/mol. The molecule has 0 atom stereocenters. The summed E-state index contributed by atoms with van der Waals surface area (Å²) in [6.07, 6.45) is 3.29. The van der Waals surface area contributed by atoms with Crippen molar-refractivity contribution in [3.05, 3.63) is 60.6 Å². The number of pyridine rings is 1. The zero-order valence-electron chi connectivity index (χ0n) is 9.95. The molecule has 2 aromatic heterocycles. The lowest BCUT2D eigenvalue weighted by Crippen LogP contribution is -2.15. The molecule has 0 amide bonds. The van der Waals surface area contributed by atoms with Crippen LogP contribution in [-0.4, -0.2) is 20.7 Å². The van der Waals surface area contributed by atoms with Gasteiger partial charge in [0, 0.05) is 17.8 Å². The van der Waals surface area contributed by atoms with Gasteiger partial charge in [-0.05, 0) is 24.3 Å². The minimum atomic E-state index is -0.974. The molecular formula is C14H11N3O2. The number of fused-ring (bicyclic) bond motifs is 1. The lowest BCUT2D eigenvalue weighted by atomic mass is 10.2. The highest BCUT2D eigenvalue weighted by Crippen LogP contribution is 2.20. The Labute approximate surface area is 109 Å². The van der Waals surface area contributed by atoms with E-state index in [-0.39, 0.29) is 5.69 Å². The molecule has 19 heavy (non-hydrogen) atoms. The molecule has 5 nitrogen and oxygen atoms in total. The van der Waals surface area contributed by atoms with Crippen LogP contribution >= 0.6 is 0 Å². The first-order valence-corrected chi connectivity index (χ1v) is 5.76. The van der Waals surface area contributed by atoms with Crippen LogP contribution in [0.15, 0.2) is 54.9 Å². The number of nitrogens with one attached hydrogen (secondary N) is 1. The van der Waals surface area contributed by atoms with Crippen molar-refractivity contribution in [2.75, 3.05) is 5.43 Å². The minimum absolute atomic E-state index is 0.193. The topological polar surface area (TPSA) is 67.2 Å². The average molecular weight is 253 g/mol. The Morgan fingerprint density at radius 3 is 2.63 bits per heavy atom. The normalized spacial score (nSPS) is 10.5. The highest BCUT2D eigenvalue weighted by atomic mass is 16.4. The van der Waals surface area contributed by atoms with Crippen LogP contribution in [0.1, 0.15) is 10.5 Å². The van der Waals surface area contributed by atoms with Gasteiger partial charge in [0.25, 0.3) is 0 Å². The minimum Gasteiger partial charge on any atom is -0.477 e. The van der Waals surface area contributed by atoms with E-state index in [4.69, 9.17) is 0 Å². The molecule has 0 fully saturated rings. The molecule has 0 radical (unpaired) electrons. The van der Waals surface area contributed by atoms with Crippen molar-refractivity contribution >= 4 is 22.6 Å². The molecule has 1 aromatic carbocycles. The van der Waals surface area contributed by atoms with E-state index < -0.39 is 5.97 Å². The van der Waals surface area contributed by atoms with Crippen molar-refractivity contribution in [1.82, 2.24) is 9.66 Å². The van der Waals surface area contributed by atoms with Gasteiger partial charge < -0.3 is 5.11 Å². The van der Waals surface area contributed by atoms with Gasteiger partial charge in [0.05, 0.1) is 11.2 Å². The van der Waals surface area contributed by atoms with Crippen molar-refractivity contribution in [3.8, 4) is 0 Å². The third-order valence-corrected chi connectivity index (χ3v) is 2.85. The summed E-state index contributed by atoms with van der Waals surface area (Å²) in [5.74, 6) is -0.974. The Hall–Kier alpha value is -2.82. The van der Waals surface area contributed by atoms with Crippen LogP contribution in [-0.2, 0) is 0 Å². The summed E-state index contributed by atoms with van der Waals surface area (Å²) in [4.78, 5) is 15.2. The van der Waals surface area contributed by atoms with Gasteiger partial charge in [-0.25, -0.2) is 9.47 Å². The van der Waals surface area contributed by atoms with E-state index >= 15 is 0 Å². The Morgan fingerprint density at radius 1 is 1.16 bits per heavy atom. The van der Waals surface area contributed by atoms with Crippen LogP contribution in [0.4, 0.5) is 5.69 Å². The summed E-state index contributed by atoms with van der Waals surface area (Å²) >= 11 is 0. The highest BCUT2D eigenvalue weighted by molar-refractivity contribution is 5.95. The first-order valence-electron chi connectivity index (χ1n) is 5.76. The fraction of sp³-hybridized carbons (Fsp3) is 0. The number of benzene rings is 1. The molecule has 3 rings (SSSR count). The van der Waals surface area contributed by atoms with Gasteiger partial charge in [-0.3, -0.25) is 10.4 Å². The standard InChI is InChI=1S/C14H11N3O2/c18-14(19)13-9-10-3-1-2-4-12(10)17(13)16-11-5-7-15-8-6-11/h1-9H,(H,15,16)(H,18,19). The van der Waals surface area contributed by atoms with E-state index in [1.807, 2.05) is 24.3 Å². The Kier molecular flexibility index (Phi) is 2.64. The molecule has 2 heterocycles. The maximum Gasteiger partial charge on any atom is 0.354 e. The van der Waals surface area contributed by atoms with Gasteiger partial charge in [0.2, 0.25) is 0 Å². The van der Waals surface area contributed by atoms with E-state index in [9.17, 15) is 9.90 Å². The van der Waals surface area contributed by atoms with Crippen molar-refractivity contribution in [2.45, 2.75) is 0 Å². The number of aromatic nitrogens is 2. The first-order chi connectivity index (χ1) is 9.25. The second-order valence-corrected chi connectivity index (χ2v) is 4.08. The summed E-state index contributed by atoms with van der Waals surface area (Å²) in [5.41, 5.74) is 4.86. The van der Waals surface area contributed by atoms with E-state index in [0.29, 0.717) is 0 Å². The number of aromatic carboxylic acids is 1. The predicted octanol–water partition coefficient (Wildman–Crippen LogP) is 2.61. The number of carboxylic acids is 1. The Bertz CT molecular complexity index is 735. The molecule has 0 spiro atoms. The van der Waals surface area contributed by atoms with Gasteiger partial charge in [-0.1, -0.05) is 18.2 Å². The molecule has 0 saturated carbocycles. The summed E-state index contributed by atoms with van der Waals surface area (Å²) in [6.45, 7) is 0.